The average Bonchev–Trinajstić information content (AvgIpc) is 3.13. The second-order valence-corrected chi connectivity index (χ2v) is 7.79. The Morgan fingerprint density at radius 3 is 2.57 bits per heavy atom. The molecule has 1 aliphatic carbocycles. The van der Waals surface area contributed by atoms with Crippen molar-refractivity contribution in [3.63, 3.8) is 0 Å². The van der Waals surface area contributed by atoms with E-state index in [0.717, 1.165) is 19.3 Å². The Morgan fingerprint density at radius 1 is 1.43 bits per heavy atom. The van der Waals surface area contributed by atoms with Gasteiger partial charge in [-0.15, -0.1) is 0 Å². The summed E-state index contributed by atoms with van der Waals surface area (Å²) in [5.41, 5.74) is -0.670. The zero-order valence-electron chi connectivity index (χ0n) is 11.2. The van der Waals surface area contributed by atoms with E-state index in [2.05, 4.69) is 5.32 Å². The molecular weight excluding hydrogens is 324 g/mol. The van der Waals surface area contributed by atoms with Crippen molar-refractivity contribution >= 4 is 25.6 Å². The van der Waals surface area contributed by atoms with Crippen LogP contribution >= 0.6 is 10.7 Å². The fraction of sp³-hybridized carbons (Fsp3) is 0.462. The Hall–Kier alpha value is -1.21. The number of halogens is 3. The predicted molar refractivity (Wildman–Crippen MR) is 73.7 cm³/mol. The van der Waals surface area contributed by atoms with Crippen LogP contribution in [0, 0.1) is 17.6 Å². The van der Waals surface area contributed by atoms with Gasteiger partial charge in [-0.05, 0) is 31.4 Å². The van der Waals surface area contributed by atoms with Crippen molar-refractivity contribution in [3.05, 3.63) is 29.3 Å². The lowest BCUT2D eigenvalue weighted by atomic mass is 10.1. The van der Waals surface area contributed by atoms with E-state index in [1.54, 1.807) is 6.92 Å². The molecule has 4 nitrogen and oxygen atoms in total. The number of hydrogen-bond donors (Lipinski definition) is 1. The third kappa shape index (κ3) is 4.14. The van der Waals surface area contributed by atoms with Gasteiger partial charge in [-0.1, -0.05) is 12.8 Å². The van der Waals surface area contributed by atoms with Gasteiger partial charge < -0.3 is 5.32 Å². The van der Waals surface area contributed by atoms with Crippen molar-refractivity contribution in [1.29, 1.82) is 0 Å². The first kappa shape index (κ1) is 16.2. The summed E-state index contributed by atoms with van der Waals surface area (Å²) in [6.45, 7) is 1.76. The van der Waals surface area contributed by atoms with E-state index in [1.165, 1.54) is 0 Å². The number of benzene rings is 1. The Bertz CT molecular complexity index is 674. The maximum Gasteiger partial charge on any atom is 0.264 e. The molecule has 21 heavy (non-hydrogen) atoms. The maximum atomic E-state index is 14.0. The van der Waals surface area contributed by atoms with Crippen LogP contribution in [0.4, 0.5) is 8.78 Å². The van der Waals surface area contributed by atoms with E-state index < -0.39 is 37.1 Å². The van der Waals surface area contributed by atoms with Gasteiger partial charge in [0.2, 0.25) is 0 Å². The van der Waals surface area contributed by atoms with Crippen LogP contribution in [0.1, 0.15) is 36.5 Å². The normalized spacial score (nSPS) is 16.6. The molecule has 116 valence electrons. The van der Waals surface area contributed by atoms with E-state index >= 15 is 0 Å². The Labute approximate surface area is 125 Å². The number of rotatable bonds is 5. The minimum Gasteiger partial charge on any atom is -0.349 e. The molecule has 1 aromatic rings. The maximum absolute atomic E-state index is 14.0. The summed E-state index contributed by atoms with van der Waals surface area (Å²) in [6, 6.07) is 0.894. The van der Waals surface area contributed by atoms with Gasteiger partial charge in [-0.3, -0.25) is 4.79 Å². The van der Waals surface area contributed by atoms with Gasteiger partial charge in [0.1, 0.15) is 10.7 Å². The molecule has 1 atom stereocenters. The predicted octanol–water partition coefficient (Wildman–Crippen LogP) is 2.81. The molecule has 0 aromatic heterocycles. The zero-order valence-corrected chi connectivity index (χ0v) is 12.8. The van der Waals surface area contributed by atoms with Crippen molar-refractivity contribution in [3.8, 4) is 0 Å². The summed E-state index contributed by atoms with van der Waals surface area (Å²) in [7, 11) is 0.557. The van der Waals surface area contributed by atoms with Crippen LogP contribution in [0.25, 0.3) is 0 Å². The van der Waals surface area contributed by atoms with E-state index in [1.807, 2.05) is 0 Å². The lowest BCUT2D eigenvalue weighted by Gasteiger charge is -2.14. The fourth-order valence-corrected chi connectivity index (χ4v) is 3.04. The molecule has 1 aromatic carbocycles. The molecule has 1 fully saturated rings. The van der Waals surface area contributed by atoms with Gasteiger partial charge in [-0.2, -0.15) is 0 Å². The highest BCUT2D eigenvalue weighted by Gasteiger charge is 2.27. The topological polar surface area (TPSA) is 63.2 Å². The molecule has 2 rings (SSSR count). The number of amides is 1. The molecule has 0 aliphatic heterocycles. The van der Waals surface area contributed by atoms with Crippen molar-refractivity contribution in [2.24, 2.45) is 5.92 Å². The van der Waals surface area contributed by atoms with Crippen LogP contribution in [-0.2, 0) is 9.05 Å². The second-order valence-electron chi connectivity index (χ2n) is 5.26. The van der Waals surface area contributed by atoms with Gasteiger partial charge in [0.25, 0.3) is 15.0 Å². The SMILES string of the molecule is CC(CC1CC1)NC(=O)c1cc(F)cc(S(=O)(=O)Cl)c1F. The van der Waals surface area contributed by atoms with Crippen molar-refractivity contribution in [2.45, 2.75) is 37.1 Å². The lowest BCUT2D eigenvalue weighted by Crippen LogP contribution is -2.33. The number of carbonyl (C=O) groups is 1. The monoisotopic (exact) mass is 337 g/mol. The van der Waals surface area contributed by atoms with E-state index in [-0.39, 0.29) is 6.04 Å². The molecule has 0 bridgehead atoms. The minimum atomic E-state index is -4.47. The highest BCUT2D eigenvalue weighted by Crippen LogP contribution is 2.33. The summed E-state index contributed by atoms with van der Waals surface area (Å²) in [6.07, 6.45) is 2.95. The molecule has 1 saturated carbocycles. The number of carbonyl (C=O) groups excluding carboxylic acids is 1. The summed E-state index contributed by atoms with van der Waals surface area (Å²) in [5.74, 6) is -2.70. The first-order valence-electron chi connectivity index (χ1n) is 6.43. The summed E-state index contributed by atoms with van der Waals surface area (Å²) < 4.78 is 49.8. The summed E-state index contributed by atoms with van der Waals surface area (Å²) in [4.78, 5) is 10.9. The molecule has 0 spiro atoms. The van der Waals surface area contributed by atoms with Gasteiger partial charge in [0.05, 0.1) is 5.56 Å². The average molecular weight is 338 g/mol. The first-order chi connectivity index (χ1) is 9.68. The standard InChI is InChI=1S/C13H14ClF2NO3S/c1-7(4-8-2-3-8)17-13(18)10-5-9(15)6-11(12(10)16)21(14,19)20/h5-8H,2-4H2,1H3,(H,17,18). The Balaban J connectivity index is 2.25. The smallest absolute Gasteiger partial charge is 0.264 e. The highest BCUT2D eigenvalue weighted by molar-refractivity contribution is 8.13. The van der Waals surface area contributed by atoms with Crippen LogP contribution < -0.4 is 5.32 Å². The molecule has 0 saturated heterocycles. The van der Waals surface area contributed by atoms with E-state index in [9.17, 15) is 22.0 Å². The third-order valence-electron chi connectivity index (χ3n) is 3.27. The van der Waals surface area contributed by atoms with Gasteiger partial charge in [0, 0.05) is 16.7 Å². The quantitative estimate of drug-likeness (QED) is 0.840. The second kappa shape index (κ2) is 5.88. The Kier molecular flexibility index (Phi) is 4.53. The number of hydrogen-bond acceptors (Lipinski definition) is 3. The van der Waals surface area contributed by atoms with Gasteiger partial charge in [-0.25, -0.2) is 17.2 Å². The van der Waals surface area contributed by atoms with E-state index in [0.29, 0.717) is 18.1 Å². The fourth-order valence-electron chi connectivity index (χ4n) is 2.12. The molecular formula is C13H14ClF2NO3S. The van der Waals surface area contributed by atoms with Crippen LogP contribution in [-0.4, -0.2) is 20.4 Å². The Morgan fingerprint density at radius 2 is 2.05 bits per heavy atom. The van der Waals surface area contributed by atoms with Crippen LogP contribution in [0.15, 0.2) is 17.0 Å². The highest BCUT2D eigenvalue weighted by atomic mass is 35.7. The molecule has 0 heterocycles. The summed E-state index contributed by atoms with van der Waals surface area (Å²) in [5, 5.41) is 2.53. The molecule has 1 N–H and O–H groups in total. The van der Waals surface area contributed by atoms with Gasteiger partial charge >= 0.3 is 0 Å². The van der Waals surface area contributed by atoms with Crippen LogP contribution in [0.3, 0.4) is 0 Å². The largest absolute Gasteiger partial charge is 0.349 e. The minimum absolute atomic E-state index is 0.205. The van der Waals surface area contributed by atoms with Crippen molar-refractivity contribution < 1.29 is 22.0 Å². The van der Waals surface area contributed by atoms with Crippen molar-refractivity contribution in [1.82, 2.24) is 5.32 Å². The lowest BCUT2D eigenvalue weighted by molar-refractivity contribution is 0.0932. The molecule has 0 radical (unpaired) electrons. The first-order valence-corrected chi connectivity index (χ1v) is 8.74. The van der Waals surface area contributed by atoms with E-state index in [4.69, 9.17) is 10.7 Å². The molecule has 8 heteroatoms. The molecule has 1 unspecified atom stereocenters. The van der Waals surface area contributed by atoms with Crippen molar-refractivity contribution in [2.75, 3.05) is 0 Å². The molecule has 1 amide bonds. The van der Waals surface area contributed by atoms with Crippen LogP contribution in [0.5, 0.6) is 0 Å². The summed E-state index contributed by atoms with van der Waals surface area (Å²) >= 11 is 0. The van der Waals surface area contributed by atoms with Gasteiger partial charge in [0.15, 0.2) is 5.82 Å². The van der Waals surface area contributed by atoms with Crippen LogP contribution in [0.2, 0.25) is 0 Å². The molecule has 1 aliphatic rings. The number of nitrogens with one attached hydrogen (secondary N) is 1. The zero-order chi connectivity index (χ0) is 15.8. The third-order valence-corrected chi connectivity index (χ3v) is 4.59.